The Bertz CT molecular complexity index is 626. The molecule has 0 saturated heterocycles. The molecule has 7 nitrogen and oxygen atoms in total. The number of hydrogen-bond acceptors (Lipinski definition) is 6. The quantitative estimate of drug-likeness (QED) is 0.832. The van der Waals surface area contributed by atoms with Gasteiger partial charge >= 0.3 is 0 Å². The second-order valence-electron chi connectivity index (χ2n) is 5.58. The molecule has 0 fully saturated rings. The van der Waals surface area contributed by atoms with Crippen molar-refractivity contribution in [3.05, 3.63) is 47.9 Å². The first-order valence-electron chi connectivity index (χ1n) is 7.44. The summed E-state index contributed by atoms with van der Waals surface area (Å²) in [5.41, 5.74) is 1.10. The SMILES string of the molecule is CC(C)CN(C(=O)CNCc1ccccc1)C(=O)c1conn1. The second-order valence-corrected chi connectivity index (χ2v) is 5.58. The lowest BCUT2D eigenvalue weighted by Gasteiger charge is -2.21. The molecule has 0 atom stereocenters. The molecule has 1 aromatic carbocycles. The number of aromatic nitrogens is 2. The van der Waals surface area contributed by atoms with Crippen molar-refractivity contribution >= 4 is 11.8 Å². The zero-order chi connectivity index (χ0) is 16.7. The number of carbonyl (C=O) groups excluding carboxylic acids is 2. The van der Waals surface area contributed by atoms with E-state index < -0.39 is 5.91 Å². The maximum atomic E-state index is 12.4. The molecular formula is C16H20N4O3. The van der Waals surface area contributed by atoms with Crippen LogP contribution >= 0.6 is 0 Å². The predicted molar refractivity (Wildman–Crippen MR) is 83.3 cm³/mol. The van der Waals surface area contributed by atoms with Gasteiger partial charge in [-0.05, 0) is 11.5 Å². The smallest absolute Gasteiger partial charge is 0.284 e. The maximum Gasteiger partial charge on any atom is 0.284 e. The molecule has 23 heavy (non-hydrogen) atoms. The Balaban J connectivity index is 1.95. The average molecular weight is 316 g/mol. The number of amides is 2. The molecule has 0 unspecified atom stereocenters. The molecule has 0 radical (unpaired) electrons. The lowest BCUT2D eigenvalue weighted by molar-refractivity contribution is -0.128. The van der Waals surface area contributed by atoms with Gasteiger partial charge in [-0.3, -0.25) is 14.5 Å². The van der Waals surface area contributed by atoms with Crippen LogP contribution in [0.15, 0.2) is 41.1 Å². The molecule has 0 saturated carbocycles. The zero-order valence-electron chi connectivity index (χ0n) is 13.2. The number of nitrogens with one attached hydrogen (secondary N) is 1. The molecule has 1 heterocycles. The molecule has 2 aromatic rings. The van der Waals surface area contributed by atoms with Crippen LogP contribution in [-0.4, -0.2) is 40.2 Å². The fourth-order valence-corrected chi connectivity index (χ4v) is 2.06. The largest absolute Gasteiger partial charge is 0.345 e. The zero-order valence-corrected chi connectivity index (χ0v) is 13.2. The monoisotopic (exact) mass is 316 g/mol. The predicted octanol–water partition coefficient (Wildman–Crippen LogP) is 1.48. The van der Waals surface area contributed by atoms with Gasteiger partial charge in [0.05, 0.1) is 6.54 Å². The Labute approximate surface area is 134 Å². The van der Waals surface area contributed by atoms with E-state index in [9.17, 15) is 9.59 Å². The summed E-state index contributed by atoms with van der Waals surface area (Å²) >= 11 is 0. The first kappa shape index (κ1) is 16.8. The lowest BCUT2D eigenvalue weighted by atomic mass is 10.2. The van der Waals surface area contributed by atoms with Crippen molar-refractivity contribution in [3.8, 4) is 0 Å². The van der Waals surface area contributed by atoms with Crippen molar-refractivity contribution in [3.63, 3.8) is 0 Å². The Morgan fingerprint density at radius 3 is 2.61 bits per heavy atom. The topological polar surface area (TPSA) is 88.3 Å². The maximum absolute atomic E-state index is 12.4. The van der Waals surface area contributed by atoms with Crippen LogP contribution in [0.1, 0.15) is 29.9 Å². The fourth-order valence-electron chi connectivity index (χ4n) is 2.06. The lowest BCUT2D eigenvalue weighted by Crippen LogP contribution is -2.44. The molecule has 0 aliphatic heterocycles. The molecule has 7 heteroatoms. The van der Waals surface area contributed by atoms with E-state index in [4.69, 9.17) is 0 Å². The number of carbonyl (C=O) groups is 2. The van der Waals surface area contributed by atoms with Crippen molar-refractivity contribution in [2.75, 3.05) is 13.1 Å². The van der Waals surface area contributed by atoms with E-state index in [1.54, 1.807) is 0 Å². The van der Waals surface area contributed by atoms with Crippen LogP contribution in [0, 0.1) is 5.92 Å². The molecule has 0 aliphatic carbocycles. The minimum absolute atomic E-state index is 0.0297. The molecule has 1 aromatic heterocycles. The van der Waals surface area contributed by atoms with Crippen molar-refractivity contribution in [1.29, 1.82) is 0 Å². The normalized spacial score (nSPS) is 10.7. The molecule has 2 rings (SSSR count). The summed E-state index contributed by atoms with van der Waals surface area (Å²) in [5, 5.41) is 9.89. The fraction of sp³-hybridized carbons (Fsp3) is 0.375. The summed E-state index contributed by atoms with van der Waals surface area (Å²) in [5.74, 6) is -0.647. The van der Waals surface area contributed by atoms with Gasteiger partial charge in [0.15, 0.2) is 12.0 Å². The van der Waals surface area contributed by atoms with E-state index in [2.05, 4.69) is 20.2 Å². The molecule has 1 N–H and O–H groups in total. The van der Waals surface area contributed by atoms with Gasteiger partial charge in [0.25, 0.3) is 5.91 Å². The molecular weight excluding hydrogens is 296 g/mol. The summed E-state index contributed by atoms with van der Waals surface area (Å²) in [4.78, 5) is 25.9. The van der Waals surface area contributed by atoms with Gasteiger partial charge in [-0.25, -0.2) is 0 Å². The molecule has 2 amide bonds. The Hall–Kier alpha value is -2.54. The van der Waals surface area contributed by atoms with Crippen molar-refractivity contribution in [2.45, 2.75) is 20.4 Å². The molecule has 0 bridgehead atoms. The van der Waals surface area contributed by atoms with E-state index in [1.807, 2.05) is 44.2 Å². The van der Waals surface area contributed by atoms with Crippen LogP contribution in [0.2, 0.25) is 0 Å². The van der Waals surface area contributed by atoms with E-state index in [0.29, 0.717) is 13.1 Å². The van der Waals surface area contributed by atoms with Gasteiger partial charge in [-0.1, -0.05) is 44.2 Å². The highest BCUT2D eigenvalue weighted by Crippen LogP contribution is 2.06. The van der Waals surface area contributed by atoms with Gasteiger partial charge < -0.3 is 9.84 Å². The Kier molecular flexibility index (Phi) is 5.99. The van der Waals surface area contributed by atoms with Crippen molar-refractivity contribution in [1.82, 2.24) is 20.6 Å². The second kappa shape index (κ2) is 8.19. The van der Waals surface area contributed by atoms with Crippen molar-refractivity contribution < 1.29 is 14.1 Å². The highest BCUT2D eigenvalue weighted by atomic mass is 16.5. The number of rotatable bonds is 7. The van der Waals surface area contributed by atoms with Crippen LogP contribution < -0.4 is 5.32 Å². The first-order chi connectivity index (χ1) is 11.1. The number of hydrogen-bond donors (Lipinski definition) is 1. The van der Waals surface area contributed by atoms with Gasteiger partial charge in [-0.2, -0.15) is 0 Å². The highest BCUT2D eigenvalue weighted by molar-refractivity contribution is 6.03. The number of benzene rings is 1. The minimum atomic E-state index is -0.494. The Morgan fingerprint density at radius 2 is 2.00 bits per heavy atom. The van der Waals surface area contributed by atoms with E-state index in [1.165, 1.54) is 4.90 Å². The van der Waals surface area contributed by atoms with Crippen LogP contribution in [0.25, 0.3) is 0 Å². The standard InChI is InChI=1S/C16H20N4O3/c1-12(2)10-20(16(22)14-11-23-19-18-14)15(21)9-17-8-13-6-4-3-5-7-13/h3-7,11-12,17H,8-10H2,1-2H3. The van der Waals surface area contributed by atoms with Crippen LogP contribution in [0.3, 0.4) is 0 Å². The van der Waals surface area contributed by atoms with Crippen LogP contribution in [-0.2, 0) is 11.3 Å². The highest BCUT2D eigenvalue weighted by Gasteiger charge is 2.25. The van der Waals surface area contributed by atoms with E-state index in [0.717, 1.165) is 11.8 Å². The van der Waals surface area contributed by atoms with E-state index in [-0.39, 0.29) is 24.1 Å². The summed E-state index contributed by atoms with van der Waals surface area (Å²) in [6.07, 6.45) is 1.14. The van der Waals surface area contributed by atoms with E-state index >= 15 is 0 Å². The summed E-state index contributed by atoms with van der Waals surface area (Å²) in [7, 11) is 0. The van der Waals surface area contributed by atoms with Crippen molar-refractivity contribution in [2.24, 2.45) is 5.92 Å². The first-order valence-corrected chi connectivity index (χ1v) is 7.44. The Morgan fingerprint density at radius 1 is 1.26 bits per heavy atom. The minimum Gasteiger partial charge on any atom is -0.345 e. The third-order valence-electron chi connectivity index (χ3n) is 3.12. The molecule has 0 spiro atoms. The summed E-state index contributed by atoms with van der Waals surface area (Å²) in [6, 6.07) is 9.74. The summed E-state index contributed by atoms with van der Waals surface area (Å²) < 4.78 is 4.57. The molecule has 0 aliphatic rings. The third kappa shape index (κ3) is 5.00. The van der Waals surface area contributed by atoms with Gasteiger partial charge in [-0.15, -0.1) is 5.10 Å². The number of nitrogens with zero attached hydrogens (tertiary/aromatic N) is 3. The summed E-state index contributed by atoms with van der Waals surface area (Å²) in [6.45, 7) is 4.82. The average Bonchev–Trinajstić information content (AvgIpc) is 3.07. The van der Waals surface area contributed by atoms with Gasteiger partial charge in [0, 0.05) is 18.4 Å². The van der Waals surface area contributed by atoms with Crippen LogP contribution in [0.5, 0.6) is 0 Å². The third-order valence-corrected chi connectivity index (χ3v) is 3.12. The van der Waals surface area contributed by atoms with Crippen LogP contribution in [0.4, 0.5) is 0 Å². The van der Waals surface area contributed by atoms with Gasteiger partial charge in [0.2, 0.25) is 5.91 Å². The van der Waals surface area contributed by atoms with Gasteiger partial charge in [0.1, 0.15) is 0 Å². The molecule has 122 valence electrons. The number of imide groups is 1.